The highest BCUT2D eigenvalue weighted by Gasteiger charge is 2.42. The minimum absolute atomic E-state index is 0.108. The first-order chi connectivity index (χ1) is 12.2. The molecule has 1 aliphatic carbocycles. The van der Waals surface area contributed by atoms with Crippen molar-refractivity contribution in [3.05, 3.63) is 35.4 Å². The normalized spacial score (nSPS) is 26.8. The number of amides is 1. The molecule has 134 valence electrons. The van der Waals surface area contributed by atoms with E-state index in [1.165, 1.54) is 11.1 Å². The number of rotatable bonds is 2. The second-order valence-electron chi connectivity index (χ2n) is 7.95. The van der Waals surface area contributed by atoms with Gasteiger partial charge >= 0.3 is 0 Å². The van der Waals surface area contributed by atoms with Crippen molar-refractivity contribution in [3.8, 4) is 0 Å². The van der Waals surface area contributed by atoms with Gasteiger partial charge in [-0.25, -0.2) is 0 Å². The standard InChI is InChI=1S/C20H28N4O/c1-21-19(22-12-15-9-16-5-2-3-6-17(16)10-15)24-8-4-7-20(14-24)11-18(25)23-13-20/h2-3,5-6,15H,4,7-14H2,1H3,(H,21,22)(H,23,25). The zero-order valence-electron chi connectivity index (χ0n) is 15.1. The van der Waals surface area contributed by atoms with E-state index in [2.05, 4.69) is 44.8 Å². The summed E-state index contributed by atoms with van der Waals surface area (Å²) in [5.74, 6) is 1.84. The number of fused-ring (bicyclic) bond motifs is 1. The zero-order chi connectivity index (χ0) is 17.3. The predicted octanol–water partition coefficient (Wildman–Crippen LogP) is 1.58. The molecule has 4 rings (SSSR count). The van der Waals surface area contributed by atoms with Crippen molar-refractivity contribution in [3.63, 3.8) is 0 Å². The Morgan fingerprint density at radius 1 is 1.36 bits per heavy atom. The van der Waals surface area contributed by atoms with Gasteiger partial charge in [-0.1, -0.05) is 24.3 Å². The summed E-state index contributed by atoms with van der Waals surface area (Å²) in [5, 5.41) is 6.62. The van der Waals surface area contributed by atoms with E-state index in [1.54, 1.807) is 0 Å². The highest BCUT2D eigenvalue weighted by molar-refractivity contribution is 5.81. The van der Waals surface area contributed by atoms with E-state index in [0.29, 0.717) is 12.3 Å². The smallest absolute Gasteiger partial charge is 0.220 e. The van der Waals surface area contributed by atoms with Crippen LogP contribution in [0.3, 0.4) is 0 Å². The molecule has 2 saturated heterocycles. The molecule has 5 heteroatoms. The van der Waals surface area contributed by atoms with E-state index in [1.807, 2.05) is 7.05 Å². The maximum atomic E-state index is 11.7. The van der Waals surface area contributed by atoms with Crippen LogP contribution in [-0.2, 0) is 17.6 Å². The third-order valence-electron chi connectivity index (χ3n) is 6.05. The first-order valence-electron chi connectivity index (χ1n) is 9.47. The summed E-state index contributed by atoms with van der Waals surface area (Å²) in [7, 11) is 1.87. The molecule has 2 fully saturated rings. The van der Waals surface area contributed by atoms with Gasteiger partial charge in [-0.05, 0) is 42.7 Å². The van der Waals surface area contributed by atoms with Crippen molar-refractivity contribution in [1.82, 2.24) is 15.5 Å². The summed E-state index contributed by atoms with van der Waals surface area (Å²) in [6, 6.07) is 8.78. The molecule has 1 spiro atoms. The average molecular weight is 340 g/mol. The highest BCUT2D eigenvalue weighted by Crippen LogP contribution is 2.36. The van der Waals surface area contributed by atoms with Crippen LogP contribution in [0.4, 0.5) is 0 Å². The van der Waals surface area contributed by atoms with E-state index < -0.39 is 0 Å². The SMILES string of the molecule is CN=C(NCC1Cc2ccccc2C1)N1CCCC2(CNC(=O)C2)C1. The fraction of sp³-hybridized carbons (Fsp3) is 0.600. The molecule has 2 aliphatic heterocycles. The minimum Gasteiger partial charge on any atom is -0.356 e. The first kappa shape index (κ1) is 16.4. The molecule has 2 heterocycles. The van der Waals surface area contributed by atoms with Gasteiger partial charge in [-0.3, -0.25) is 9.79 Å². The summed E-state index contributed by atoms with van der Waals surface area (Å²) in [5.41, 5.74) is 3.10. The molecular weight excluding hydrogens is 312 g/mol. The maximum Gasteiger partial charge on any atom is 0.220 e. The second-order valence-corrected chi connectivity index (χ2v) is 7.95. The molecule has 3 aliphatic rings. The van der Waals surface area contributed by atoms with Gasteiger partial charge in [0.25, 0.3) is 0 Å². The van der Waals surface area contributed by atoms with Crippen LogP contribution in [-0.4, -0.2) is 50.0 Å². The molecule has 0 bridgehead atoms. The number of nitrogens with one attached hydrogen (secondary N) is 2. The molecular formula is C20H28N4O. The van der Waals surface area contributed by atoms with Gasteiger partial charge in [0.15, 0.2) is 5.96 Å². The van der Waals surface area contributed by atoms with Gasteiger partial charge in [-0.2, -0.15) is 0 Å². The molecule has 1 amide bonds. The molecule has 0 saturated carbocycles. The molecule has 2 N–H and O–H groups in total. The van der Waals surface area contributed by atoms with Gasteiger partial charge in [0.1, 0.15) is 0 Å². The van der Waals surface area contributed by atoms with Crippen molar-refractivity contribution >= 4 is 11.9 Å². The van der Waals surface area contributed by atoms with Crippen LogP contribution in [0.1, 0.15) is 30.4 Å². The number of carbonyl (C=O) groups excluding carboxylic acids is 1. The lowest BCUT2D eigenvalue weighted by atomic mass is 9.79. The van der Waals surface area contributed by atoms with Gasteiger partial charge in [0.05, 0.1) is 0 Å². The Hall–Kier alpha value is -2.04. The van der Waals surface area contributed by atoms with E-state index >= 15 is 0 Å². The van der Waals surface area contributed by atoms with Crippen molar-refractivity contribution < 1.29 is 4.79 Å². The van der Waals surface area contributed by atoms with E-state index in [0.717, 1.165) is 57.8 Å². The number of hydrogen-bond acceptors (Lipinski definition) is 2. The number of benzene rings is 1. The quantitative estimate of drug-likeness (QED) is 0.635. The number of likely N-dealkylation sites (tertiary alicyclic amines) is 1. The molecule has 1 atom stereocenters. The predicted molar refractivity (Wildman–Crippen MR) is 99.6 cm³/mol. The van der Waals surface area contributed by atoms with Crippen LogP contribution in [0.5, 0.6) is 0 Å². The molecule has 1 unspecified atom stereocenters. The Balaban J connectivity index is 1.34. The lowest BCUT2D eigenvalue weighted by Crippen LogP contribution is -2.52. The van der Waals surface area contributed by atoms with Crippen molar-refractivity contribution in [1.29, 1.82) is 0 Å². The monoisotopic (exact) mass is 340 g/mol. The third-order valence-corrected chi connectivity index (χ3v) is 6.05. The summed E-state index contributed by atoms with van der Waals surface area (Å²) in [6.07, 6.45) is 5.24. The van der Waals surface area contributed by atoms with E-state index in [-0.39, 0.29) is 11.3 Å². The molecule has 1 aromatic rings. The fourth-order valence-corrected chi connectivity index (χ4v) is 4.79. The number of guanidine groups is 1. The summed E-state index contributed by atoms with van der Waals surface area (Å²) < 4.78 is 0. The summed E-state index contributed by atoms with van der Waals surface area (Å²) >= 11 is 0. The highest BCUT2D eigenvalue weighted by atomic mass is 16.1. The first-order valence-corrected chi connectivity index (χ1v) is 9.47. The number of carbonyl (C=O) groups is 1. The van der Waals surface area contributed by atoms with Crippen LogP contribution >= 0.6 is 0 Å². The number of hydrogen-bond donors (Lipinski definition) is 2. The van der Waals surface area contributed by atoms with Crippen molar-refractivity contribution in [2.45, 2.75) is 32.1 Å². The Morgan fingerprint density at radius 2 is 2.12 bits per heavy atom. The average Bonchev–Trinajstić information content (AvgIpc) is 3.19. The van der Waals surface area contributed by atoms with Gasteiger partial charge in [-0.15, -0.1) is 0 Å². The minimum atomic E-state index is 0.108. The Morgan fingerprint density at radius 3 is 2.76 bits per heavy atom. The number of piperidine rings is 1. The van der Waals surface area contributed by atoms with Crippen molar-refractivity contribution in [2.75, 3.05) is 33.2 Å². The largest absolute Gasteiger partial charge is 0.356 e. The molecule has 0 aromatic heterocycles. The lowest BCUT2D eigenvalue weighted by Gasteiger charge is -2.41. The summed E-state index contributed by atoms with van der Waals surface area (Å²) in [4.78, 5) is 18.6. The van der Waals surface area contributed by atoms with Crippen molar-refractivity contribution in [2.24, 2.45) is 16.3 Å². The van der Waals surface area contributed by atoms with E-state index in [9.17, 15) is 4.79 Å². The van der Waals surface area contributed by atoms with Crippen LogP contribution in [0.15, 0.2) is 29.3 Å². The van der Waals surface area contributed by atoms with Crippen LogP contribution in [0.2, 0.25) is 0 Å². The van der Waals surface area contributed by atoms with Gasteiger partial charge in [0.2, 0.25) is 5.91 Å². The molecule has 1 aromatic carbocycles. The maximum absolute atomic E-state index is 11.7. The second kappa shape index (κ2) is 6.70. The van der Waals surface area contributed by atoms with Gasteiger partial charge in [0, 0.05) is 45.1 Å². The Kier molecular flexibility index (Phi) is 4.40. The molecule has 25 heavy (non-hydrogen) atoms. The Bertz CT molecular complexity index is 661. The molecule has 0 radical (unpaired) electrons. The van der Waals surface area contributed by atoms with Gasteiger partial charge < -0.3 is 15.5 Å². The van der Waals surface area contributed by atoms with Crippen LogP contribution < -0.4 is 10.6 Å². The lowest BCUT2D eigenvalue weighted by molar-refractivity contribution is -0.119. The molecule has 5 nitrogen and oxygen atoms in total. The topological polar surface area (TPSA) is 56.7 Å². The van der Waals surface area contributed by atoms with Crippen LogP contribution in [0, 0.1) is 11.3 Å². The number of aliphatic imine (C=N–C) groups is 1. The Labute approximate surface area is 149 Å². The number of nitrogens with zero attached hydrogens (tertiary/aromatic N) is 2. The fourth-order valence-electron chi connectivity index (χ4n) is 4.79. The zero-order valence-corrected chi connectivity index (χ0v) is 15.1. The van der Waals surface area contributed by atoms with E-state index in [4.69, 9.17) is 0 Å². The summed E-state index contributed by atoms with van der Waals surface area (Å²) in [6.45, 7) is 3.73. The third kappa shape index (κ3) is 3.37. The van der Waals surface area contributed by atoms with Crippen LogP contribution in [0.25, 0.3) is 0 Å².